The van der Waals surface area contributed by atoms with E-state index in [-0.39, 0.29) is 28.9 Å². The topological polar surface area (TPSA) is 91.3 Å². The van der Waals surface area contributed by atoms with Crippen LogP contribution in [0, 0.1) is 15.9 Å². The average molecular weight is 480 g/mol. The van der Waals surface area contributed by atoms with Crippen molar-refractivity contribution in [1.82, 2.24) is 0 Å². The van der Waals surface area contributed by atoms with Crippen molar-refractivity contribution in [1.29, 1.82) is 0 Å². The largest absolute Gasteiger partial charge is 0.507 e. The molecular weight excluding hydrogens is 459 g/mol. The summed E-state index contributed by atoms with van der Waals surface area (Å²) < 4.78 is 13.6. The number of halogens is 1. The van der Waals surface area contributed by atoms with Crippen molar-refractivity contribution in [2.75, 3.05) is 5.01 Å². The molecular formula is C28H21FN4O3. The summed E-state index contributed by atoms with van der Waals surface area (Å²) in [5.74, 6) is -0.384. The van der Waals surface area contributed by atoms with Gasteiger partial charge in [-0.2, -0.15) is 5.10 Å². The Kier molecular flexibility index (Phi) is 6.23. The molecule has 0 radical (unpaired) electrons. The maximum Gasteiger partial charge on any atom is 0.270 e. The molecule has 0 spiro atoms. The summed E-state index contributed by atoms with van der Waals surface area (Å²) in [6.07, 6.45) is 2.01. The second-order valence-corrected chi connectivity index (χ2v) is 8.31. The Bertz CT molecular complexity index is 1470. The number of phenols is 1. The Morgan fingerprint density at radius 1 is 1.00 bits per heavy atom. The van der Waals surface area contributed by atoms with E-state index in [1.165, 1.54) is 36.5 Å². The first-order valence-electron chi connectivity index (χ1n) is 11.3. The van der Waals surface area contributed by atoms with Crippen LogP contribution in [0.25, 0.3) is 0 Å². The molecule has 178 valence electrons. The summed E-state index contributed by atoms with van der Waals surface area (Å²) in [6, 6.07) is 27.4. The number of non-ortho nitro benzene ring substituents is 1. The van der Waals surface area contributed by atoms with Gasteiger partial charge in [-0.3, -0.25) is 20.1 Å². The number of rotatable bonds is 6. The minimum Gasteiger partial charge on any atom is -0.507 e. The maximum atomic E-state index is 13.6. The molecule has 0 bridgehead atoms. The van der Waals surface area contributed by atoms with Gasteiger partial charge in [0.1, 0.15) is 11.6 Å². The molecule has 7 nitrogen and oxygen atoms in total. The quantitative estimate of drug-likeness (QED) is 0.193. The van der Waals surface area contributed by atoms with E-state index in [1.54, 1.807) is 18.2 Å². The van der Waals surface area contributed by atoms with E-state index in [2.05, 4.69) is 4.99 Å². The normalized spacial score (nSPS) is 15.3. The van der Waals surface area contributed by atoms with E-state index in [9.17, 15) is 19.6 Å². The zero-order valence-electron chi connectivity index (χ0n) is 19.0. The third kappa shape index (κ3) is 4.83. The Hall–Kier alpha value is -4.85. The number of nitrogens with zero attached hydrogens (tertiary/aromatic N) is 4. The van der Waals surface area contributed by atoms with Gasteiger partial charge in [0.25, 0.3) is 5.69 Å². The summed E-state index contributed by atoms with van der Waals surface area (Å²) >= 11 is 0. The van der Waals surface area contributed by atoms with Gasteiger partial charge >= 0.3 is 0 Å². The molecule has 0 aliphatic carbocycles. The summed E-state index contributed by atoms with van der Waals surface area (Å²) in [7, 11) is 0. The van der Waals surface area contributed by atoms with Crippen molar-refractivity contribution in [2.45, 2.75) is 12.5 Å². The molecule has 0 saturated heterocycles. The van der Waals surface area contributed by atoms with Crippen LogP contribution in [-0.2, 0) is 0 Å². The molecule has 0 amide bonds. The second-order valence-electron chi connectivity index (χ2n) is 8.31. The summed E-state index contributed by atoms with van der Waals surface area (Å²) in [4.78, 5) is 14.9. The van der Waals surface area contributed by atoms with Gasteiger partial charge in [0.05, 0.1) is 28.1 Å². The average Bonchev–Trinajstić information content (AvgIpc) is 3.35. The fourth-order valence-electron chi connectivity index (χ4n) is 4.12. The summed E-state index contributed by atoms with van der Waals surface area (Å²) in [6.45, 7) is 0. The van der Waals surface area contributed by atoms with Crippen LogP contribution in [0.4, 0.5) is 21.5 Å². The monoisotopic (exact) mass is 480 g/mol. The Labute approximate surface area is 206 Å². The van der Waals surface area contributed by atoms with Crippen LogP contribution >= 0.6 is 0 Å². The predicted molar refractivity (Wildman–Crippen MR) is 138 cm³/mol. The number of aromatic hydroxyl groups is 1. The molecule has 0 aromatic heterocycles. The van der Waals surface area contributed by atoms with Gasteiger partial charge in [-0.15, -0.1) is 0 Å². The fourth-order valence-corrected chi connectivity index (χ4v) is 4.12. The number of anilines is 1. The van der Waals surface area contributed by atoms with Crippen molar-refractivity contribution in [3.63, 3.8) is 0 Å². The van der Waals surface area contributed by atoms with E-state index in [4.69, 9.17) is 5.10 Å². The zero-order chi connectivity index (χ0) is 25.1. The van der Waals surface area contributed by atoms with Gasteiger partial charge in [0.2, 0.25) is 0 Å². The highest BCUT2D eigenvalue weighted by Crippen LogP contribution is 2.37. The van der Waals surface area contributed by atoms with Crippen LogP contribution in [0.5, 0.6) is 5.75 Å². The lowest BCUT2D eigenvalue weighted by atomic mass is 9.98. The lowest BCUT2D eigenvalue weighted by Gasteiger charge is -2.23. The zero-order valence-corrected chi connectivity index (χ0v) is 19.0. The Balaban J connectivity index is 1.45. The predicted octanol–water partition coefficient (Wildman–Crippen LogP) is 6.55. The molecule has 1 atom stereocenters. The highest BCUT2D eigenvalue weighted by atomic mass is 19.1. The van der Waals surface area contributed by atoms with Crippen LogP contribution in [0.15, 0.2) is 107 Å². The Morgan fingerprint density at radius 3 is 2.53 bits per heavy atom. The Morgan fingerprint density at radius 2 is 1.78 bits per heavy atom. The molecule has 36 heavy (non-hydrogen) atoms. The van der Waals surface area contributed by atoms with Gasteiger partial charge in [0.15, 0.2) is 0 Å². The number of nitro benzene ring substituents is 1. The highest BCUT2D eigenvalue weighted by Gasteiger charge is 2.30. The molecule has 5 rings (SSSR count). The lowest BCUT2D eigenvalue weighted by molar-refractivity contribution is -0.384. The number of para-hydroxylation sites is 1. The van der Waals surface area contributed by atoms with Crippen LogP contribution in [0.3, 0.4) is 0 Å². The SMILES string of the molecule is O=[N+]([O-])c1ccc(O)c(C=Nc2cccc(C3=NN(c4ccccc4)C(c4ccc(F)cc4)C3)c2)c1. The van der Waals surface area contributed by atoms with Crippen molar-refractivity contribution >= 4 is 29.0 Å². The van der Waals surface area contributed by atoms with E-state index in [0.29, 0.717) is 12.1 Å². The minimum atomic E-state index is -0.522. The number of hydrogen-bond donors (Lipinski definition) is 1. The molecule has 1 N–H and O–H groups in total. The first kappa shape index (κ1) is 22.9. The van der Waals surface area contributed by atoms with Crippen molar-refractivity contribution in [3.8, 4) is 5.75 Å². The third-order valence-corrected chi connectivity index (χ3v) is 5.94. The van der Waals surface area contributed by atoms with E-state index >= 15 is 0 Å². The van der Waals surface area contributed by atoms with Crippen LogP contribution in [0.1, 0.15) is 29.2 Å². The van der Waals surface area contributed by atoms with Crippen LogP contribution in [-0.4, -0.2) is 22.0 Å². The minimum absolute atomic E-state index is 0.0960. The number of hydrazone groups is 1. The number of aliphatic imine (C=N–C) groups is 1. The highest BCUT2D eigenvalue weighted by molar-refractivity contribution is 6.04. The second kappa shape index (κ2) is 9.79. The lowest BCUT2D eigenvalue weighted by Crippen LogP contribution is -2.18. The number of hydrogen-bond acceptors (Lipinski definition) is 6. The molecule has 8 heteroatoms. The number of benzene rings is 4. The van der Waals surface area contributed by atoms with Crippen LogP contribution < -0.4 is 5.01 Å². The fraction of sp³-hybridized carbons (Fsp3) is 0.0714. The molecule has 1 aliphatic rings. The van der Waals surface area contributed by atoms with Gasteiger partial charge in [-0.05, 0) is 53.6 Å². The molecule has 0 saturated carbocycles. The van der Waals surface area contributed by atoms with Crippen molar-refractivity contribution in [2.24, 2.45) is 10.1 Å². The van der Waals surface area contributed by atoms with Gasteiger partial charge in [-0.25, -0.2) is 4.39 Å². The summed E-state index contributed by atoms with van der Waals surface area (Å²) in [5.41, 5.74) is 4.33. The van der Waals surface area contributed by atoms with Gasteiger partial charge in [-0.1, -0.05) is 42.5 Å². The van der Waals surface area contributed by atoms with Crippen molar-refractivity contribution in [3.05, 3.63) is 130 Å². The first-order chi connectivity index (χ1) is 17.5. The smallest absolute Gasteiger partial charge is 0.270 e. The molecule has 4 aromatic rings. The molecule has 4 aromatic carbocycles. The molecule has 0 fully saturated rings. The number of phenolic OH excluding ortho intramolecular Hbond substituents is 1. The molecule has 1 unspecified atom stereocenters. The van der Waals surface area contributed by atoms with E-state index < -0.39 is 4.92 Å². The first-order valence-corrected chi connectivity index (χ1v) is 11.3. The molecule has 1 aliphatic heterocycles. The van der Waals surface area contributed by atoms with Gasteiger partial charge in [0, 0.05) is 30.3 Å². The maximum absolute atomic E-state index is 13.6. The number of nitro groups is 1. The van der Waals surface area contributed by atoms with E-state index in [0.717, 1.165) is 22.5 Å². The summed E-state index contributed by atoms with van der Waals surface area (Å²) in [5, 5.41) is 27.9. The van der Waals surface area contributed by atoms with E-state index in [1.807, 2.05) is 53.5 Å². The third-order valence-electron chi connectivity index (χ3n) is 5.94. The van der Waals surface area contributed by atoms with Gasteiger partial charge < -0.3 is 5.11 Å². The molecule has 1 heterocycles. The van der Waals surface area contributed by atoms with Crippen molar-refractivity contribution < 1.29 is 14.4 Å². The standard InChI is InChI=1S/C28H21FN4O3/c29-22-11-9-19(10-12-22)27-17-26(31-32(27)24-7-2-1-3-8-24)20-5-4-6-23(15-20)30-18-21-16-25(33(35)36)13-14-28(21)34/h1-16,18,27,34H,17H2. The van der Waals surface area contributed by atoms with Crippen LogP contribution in [0.2, 0.25) is 0 Å².